The first-order valence-corrected chi connectivity index (χ1v) is 7.85. The van der Waals surface area contributed by atoms with Crippen LogP contribution >= 0.6 is 15.9 Å². The number of rotatable bonds is 6. The molecule has 0 unspecified atom stereocenters. The lowest BCUT2D eigenvalue weighted by molar-refractivity contribution is -0.384. The second kappa shape index (κ2) is 8.39. The van der Waals surface area contributed by atoms with Gasteiger partial charge in [0.1, 0.15) is 17.3 Å². The molecule has 10 heteroatoms. The summed E-state index contributed by atoms with van der Waals surface area (Å²) in [5.41, 5.74) is -0.824. The molecule has 2 aromatic rings. The van der Waals surface area contributed by atoms with E-state index in [9.17, 15) is 24.1 Å². The third-order valence-electron chi connectivity index (χ3n) is 3.16. The molecule has 1 N–H and O–H groups in total. The van der Waals surface area contributed by atoms with Crippen LogP contribution in [0.3, 0.4) is 0 Å². The fourth-order valence-corrected chi connectivity index (χ4v) is 2.31. The van der Waals surface area contributed by atoms with Gasteiger partial charge in [0.2, 0.25) is 0 Å². The molecule has 0 aromatic heterocycles. The lowest BCUT2D eigenvalue weighted by Crippen LogP contribution is -2.21. The maximum atomic E-state index is 13.6. The topological polar surface area (TPSA) is 108 Å². The van der Waals surface area contributed by atoms with E-state index >= 15 is 0 Å². The van der Waals surface area contributed by atoms with E-state index in [1.807, 2.05) is 0 Å². The first-order valence-electron chi connectivity index (χ1n) is 7.06. The predicted octanol–water partition coefficient (Wildman–Crippen LogP) is 3.30. The molecule has 0 atom stereocenters. The third kappa shape index (κ3) is 4.76. The van der Waals surface area contributed by atoms with E-state index in [-0.39, 0.29) is 22.7 Å². The van der Waals surface area contributed by atoms with Crippen molar-refractivity contribution in [2.45, 2.75) is 0 Å². The molecule has 0 saturated carbocycles. The van der Waals surface area contributed by atoms with E-state index in [0.29, 0.717) is 4.47 Å². The zero-order chi connectivity index (χ0) is 19.3. The van der Waals surface area contributed by atoms with E-state index in [0.717, 1.165) is 12.1 Å². The summed E-state index contributed by atoms with van der Waals surface area (Å²) in [6.45, 7) is -0.742. The van der Waals surface area contributed by atoms with E-state index in [1.165, 1.54) is 31.4 Å². The highest BCUT2D eigenvalue weighted by Crippen LogP contribution is 2.28. The molecule has 0 bridgehead atoms. The molecule has 136 valence electrons. The summed E-state index contributed by atoms with van der Waals surface area (Å²) < 4.78 is 23.7. The van der Waals surface area contributed by atoms with E-state index < -0.39 is 29.2 Å². The maximum Gasteiger partial charge on any atom is 0.341 e. The summed E-state index contributed by atoms with van der Waals surface area (Å²) in [6.07, 6.45) is 0. The van der Waals surface area contributed by atoms with Crippen LogP contribution in [-0.2, 0) is 9.53 Å². The first kappa shape index (κ1) is 19.3. The summed E-state index contributed by atoms with van der Waals surface area (Å²) in [5, 5.41) is 13.3. The van der Waals surface area contributed by atoms with Gasteiger partial charge in [-0.2, -0.15) is 0 Å². The van der Waals surface area contributed by atoms with Crippen LogP contribution in [0.15, 0.2) is 40.9 Å². The molecular weight excluding hydrogens is 415 g/mol. The molecule has 2 aromatic carbocycles. The van der Waals surface area contributed by atoms with E-state index in [4.69, 9.17) is 9.47 Å². The molecule has 26 heavy (non-hydrogen) atoms. The normalized spacial score (nSPS) is 10.1. The highest BCUT2D eigenvalue weighted by molar-refractivity contribution is 9.10. The predicted molar refractivity (Wildman–Crippen MR) is 92.7 cm³/mol. The first-order chi connectivity index (χ1) is 12.3. The Morgan fingerprint density at radius 3 is 2.65 bits per heavy atom. The van der Waals surface area contributed by atoms with Crippen molar-refractivity contribution >= 4 is 39.2 Å². The van der Waals surface area contributed by atoms with Gasteiger partial charge >= 0.3 is 5.97 Å². The number of hydrogen-bond acceptors (Lipinski definition) is 6. The quantitative estimate of drug-likeness (QED) is 0.431. The molecule has 0 radical (unpaired) electrons. The average molecular weight is 427 g/mol. The Kier molecular flexibility index (Phi) is 6.23. The molecule has 0 heterocycles. The van der Waals surface area contributed by atoms with Gasteiger partial charge in [-0.25, -0.2) is 9.18 Å². The Bertz CT molecular complexity index is 874. The summed E-state index contributed by atoms with van der Waals surface area (Å²) in [7, 11) is 1.35. The number of carbonyl (C=O) groups is 2. The third-order valence-corrected chi connectivity index (χ3v) is 3.65. The van der Waals surface area contributed by atoms with Crippen LogP contribution in [0.25, 0.3) is 0 Å². The number of halogens is 2. The average Bonchev–Trinajstić information content (AvgIpc) is 2.61. The molecule has 0 spiro atoms. The van der Waals surface area contributed by atoms with Gasteiger partial charge in [0.25, 0.3) is 11.6 Å². The standard InChI is InChI=1S/C16H12BrFN2O6/c1-25-10-3-5-13(14(7-10)20(23)24)19-15(21)8-26-16(22)11-6-9(17)2-4-12(11)18/h2-7H,8H2,1H3,(H,19,21). The Morgan fingerprint density at radius 2 is 2.00 bits per heavy atom. The smallest absolute Gasteiger partial charge is 0.341 e. The molecule has 0 saturated heterocycles. The summed E-state index contributed by atoms with van der Waals surface area (Å²) in [5.74, 6) is -2.42. The molecule has 0 aliphatic heterocycles. The van der Waals surface area contributed by atoms with Gasteiger partial charge < -0.3 is 14.8 Å². The van der Waals surface area contributed by atoms with Gasteiger partial charge in [-0.15, -0.1) is 0 Å². The number of nitrogens with zero attached hydrogens (tertiary/aromatic N) is 1. The van der Waals surface area contributed by atoms with E-state index in [2.05, 4.69) is 21.2 Å². The van der Waals surface area contributed by atoms with Crippen molar-refractivity contribution in [1.29, 1.82) is 0 Å². The number of methoxy groups -OCH3 is 1. The second-order valence-electron chi connectivity index (χ2n) is 4.89. The number of carbonyl (C=O) groups excluding carboxylic acids is 2. The minimum Gasteiger partial charge on any atom is -0.496 e. The monoisotopic (exact) mass is 426 g/mol. The zero-order valence-corrected chi connectivity index (χ0v) is 14.9. The Labute approximate surface area is 155 Å². The van der Waals surface area contributed by atoms with Gasteiger partial charge in [-0.05, 0) is 30.3 Å². The lowest BCUT2D eigenvalue weighted by atomic mass is 10.2. The Hall–Kier alpha value is -3.01. The Balaban J connectivity index is 2.04. The minimum absolute atomic E-state index is 0.0921. The number of nitrogens with one attached hydrogen (secondary N) is 1. The number of amides is 1. The number of nitro benzene ring substituents is 1. The van der Waals surface area contributed by atoms with Crippen LogP contribution < -0.4 is 10.1 Å². The van der Waals surface area contributed by atoms with Crippen molar-refractivity contribution in [2.24, 2.45) is 0 Å². The molecule has 8 nitrogen and oxygen atoms in total. The van der Waals surface area contributed by atoms with Gasteiger partial charge in [0, 0.05) is 4.47 Å². The molecule has 0 aliphatic carbocycles. The largest absolute Gasteiger partial charge is 0.496 e. The fraction of sp³-hybridized carbons (Fsp3) is 0.125. The number of ether oxygens (including phenoxy) is 2. The van der Waals surface area contributed by atoms with Crippen molar-refractivity contribution in [3.63, 3.8) is 0 Å². The Morgan fingerprint density at radius 1 is 1.27 bits per heavy atom. The van der Waals surface area contributed by atoms with Crippen LogP contribution in [0, 0.1) is 15.9 Å². The van der Waals surface area contributed by atoms with E-state index in [1.54, 1.807) is 0 Å². The number of benzene rings is 2. The summed E-state index contributed by atoms with van der Waals surface area (Å²) >= 11 is 3.09. The van der Waals surface area contributed by atoms with Crippen LogP contribution in [0.1, 0.15) is 10.4 Å². The number of nitro groups is 1. The van der Waals surface area contributed by atoms with Crippen LogP contribution in [0.5, 0.6) is 5.75 Å². The van der Waals surface area contributed by atoms with Crippen LogP contribution in [0.2, 0.25) is 0 Å². The second-order valence-corrected chi connectivity index (χ2v) is 5.80. The van der Waals surface area contributed by atoms with Gasteiger partial charge in [0.15, 0.2) is 6.61 Å². The van der Waals surface area contributed by atoms with Gasteiger partial charge in [-0.1, -0.05) is 15.9 Å². The zero-order valence-electron chi connectivity index (χ0n) is 13.3. The summed E-state index contributed by atoms with van der Waals surface area (Å²) in [4.78, 5) is 34.1. The maximum absolute atomic E-state index is 13.6. The van der Waals surface area contributed by atoms with Crippen molar-refractivity contribution in [1.82, 2.24) is 0 Å². The van der Waals surface area contributed by atoms with Crippen molar-refractivity contribution in [2.75, 3.05) is 19.0 Å². The number of esters is 1. The van der Waals surface area contributed by atoms with Gasteiger partial charge in [0.05, 0.1) is 23.7 Å². The molecule has 0 fully saturated rings. The van der Waals surface area contributed by atoms with Crippen molar-refractivity contribution < 1.29 is 28.4 Å². The van der Waals surface area contributed by atoms with Crippen molar-refractivity contribution in [3.05, 3.63) is 62.4 Å². The lowest BCUT2D eigenvalue weighted by Gasteiger charge is -2.09. The molecule has 0 aliphatic rings. The minimum atomic E-state index is -1.04. The molecular formula is C16H12BrFN2O6. The number of hydrogen-bond donors (Lipinski definition) is 1. The SMILES string of the molecule is COc1ccc(NC(=O)COC(=O)c2cc(Br)ccc2F)c([N+](=O)[O-])c1. The van der Waals surface area contributed by atoms with Crippen LogP contribution in [-0.4, -0.2) is 30.5 Å². The fourth-order valence-electron chi connectivity index (χ4n) is 1.94. The van der Waals surface area contributed by atoms with Crippen molar-refractivity contribution in [3.8, 4) is 5.75 Å². The highest BCUT2D eigenvalue weighted by Gasteiger charge is 2.19. The molecule has 1 amide bonds. The number of anilines is 1. The highest BCUT2D eigenvalue weighted by atomic mass is 79.9. The van der Waals surface area contributed by atoms with Gasteiger partial charge in [-0.3, -0.25) is 14.9 Å². The molecule has 2 rings (SSSR count). The van der Waals surface area contributed by atoms with Crippen LogP contribution in [0.4, 0.5) is 15.8 Å². The summed E-state index contributed by atoms with van der Waals surface area (Å²) in [6, 6.07) is 7.53.